The summed E-state index contributed by atoms with van der Waals surface area (Å²) in [5.74, 6) is -1.00. The Morgan fingerprint density at radius 1 is 1.12 bits per heavy atom. The predicted molar refractivity (Wildman–Crippen MR) is 104 cm³/mol. The molecule has 4 rings (SSSR count). The summed E-state index contributed by atoms with van der Waals surface area (Å²) in [5, 5.41) is 12.1. The molecule has 4 aromatic rings. The van der Waals surface area contributed by atoms with Crippen molar-refractivity contribution in [2.75, 3.05) is 0 Å². The number of hydrogen-bond acceptors (Lipinski definition) is 2. The number of para-hydroxylation sites is 1. The van der Waals surface area contributed by atoms with Crippen LogP contribution in [0.4, 0.5) is 0 Å². The highest BCUT2D eigenvalue weighted by atomic mass is 35.5. The van der Waals surface area contributed by atoms with Gasteiger partial charge in [0.15, 0.2) is 0 Å². The number of benzene rings is 2. The van der Waals surface area contributed by atoms with Crippen LogP contribution >= 0.6 is 11.6 Å². The van der Waals surface area contributed by atoms with Gasteiger partial charge in [0.2, 0.25) is 0 Å². The fourth-order valence-corrected chi connectivity index (χ4v) is 3.57. The Labute approximate surface area is 155 Å². The van der Waals surface area contributed by atoms with E-state index in [1.807, 2.05) is 49.4 Å². The highest BCUT2D eigenvalue weighted by Gasteiger charge is 2.18. The van der Waals surface area contributed by atoms with Gasteiger partial charge in [0, 0.05) is 27.9 Å². The van der Waals surface area contributed by atoms with Crippen LogP contribution in [0.3, 0.4) is 0 Å². The van der Waals surface area contributed by atoms with Gasteiger partial charge in [-0.2, -0.15) is 0 Å². The first-order valence-corrected chi connectivity index (χ1v) is 8.85. The van der Waals surface area contributed by atoms with Gasteiger partial charge in [-0.25, -0.2) is 9.78 Å². The summed E-state index contributed by atoms with van der Waals surface area (Å²) in [6.45, 7) is 2.67. The van der Waals surface area contributed by atoms with Crippen LogP contribution < -0.4 is 0 Å². The molecular weight excluding hydrogens is 348 g/mol. The number of aromatic carboxylic acids is 1. The SMILES string of the molecule is CCc1nc(C(=O)O)cc2c3ccccc3n(Cc3ccc(Cl)cc3)c12. The van der Waals surface area contributed by atoms with Crippen molar-refractivity contribution in [1.29, 1.82) is 0 Å². The molecule has 0 radical (unpaired) electrons. The van der Waals surface area contributed by atoms with Crippen molar-refractivity contribution in [2.24, 2.45) is 0 Å². The van der Waals surface area contributed by atoms with Crippen molar-refractivity contribution >= 4 is 39.4 Å². The molecular formula is C21H17ClN2O2. The van der Waals surface area contributed by atoms with Crippen molar-refractivity contribution in [3.8, 4) is 0 Å². The second kappa shape index (κ2) is 6.46. The van der Waals surface area contributed by atoms with E-state index in [4.69, 9.17) is 11.6 Å². The summed E-state index contributed by atoms with van der Waals surface area (Å²) in [7, 11) is 0. The maximum Gasteiger partial charge on any atom is 0.354 e. The molecule has 0 saturated heterocycles. The zero-order chi connectivity index (χ0) is 18.3. The highest BCUT2D eigenvalue weighted by molar-refractivity contribution is 6.30. The first-order chi connectivity index (χ1) is 12.6. The number of pyridine rings is 1. The predicted octanol–water partition coefficient (Wildman–Crippen LogP) is 5.15. The summed E-state index contributed by atoms with van der Waals surface area (Å²) < 4.78 is 2.21. The molecule has 130 valence electrons. The second-order valence-electron chi connectivity index (χ2n) is 6.24. The van der Waals surface area contributed by atoms with Gasteiger partial charge in [0.25, 0.3) is 0 Å². The fraction of sp³-hybridized carbons (Fsp3) is 0.143. The fourth-order valence-electron chi connectivity index (χ4n) is 3.45. The molecule has 0 aliphatic heterocycles. The number of rotatable bonds is 4. The molecule has 0 fully saturated rings. The molecule has 5 heteroatoms. The van der Waals surface area contributed by atoms with Crippen LogP contribution in [0.5, 0.6) is 0 Å². The van der Waals surface area contributed by atoms with Gasteiger partial charge in [-0.1, -0.05) is 48.9 Å². The van der Waals surface area contributed by atoms with E-state index in [-0.39, 0.29) is 5.69 Å². The summed E-state index contributed by atoms with van der Waals surface area (Å²) in [5.41, 5.74) is 4.07. The van der Waals surface area contributed by atoms with E-state index < -0.39 is 5.97 Å². The molecule has 0 amide bonds. The third-order valence-electron chi connectivity index (χ3n) is 4.63. The number of nitrogens with zero attached hydrogens (tertiary/aromatic N) is 2. The highest BCUT2D eigenvalue weighted by Crippen LogP contribution is 2.32. The largest absolute Gasteiger partial charge is 0.477 e. The van der Waals surface area contributed by atoms with Gasteiger partial charge in [-0.05, 0) is 36.2 Å². The Bertz CT molecular complexity index is 1130. The molecule has 1 N–H and O–H groups in total. The Morgan fingerprint density at radius 3 is 2.54 bits per heavy atom. The summed E-state index contributed by atoms with van der Waals surface area (Å²) in [6, 6.07) is 17.5. The van der Waals surface area contributed by atoms with Crippen molar-refractivity contribution < 1.29 is 9.90 Å². The van der Waals surface area contributed by atoms with Crippen LogP contribution in [0.1, 0.15) is 28.7 Å². The third kappa shape index (κ3) is 2.72. The van der Waals surface area contributed by atoms with Gasteiger partial charge in [0.05, 0.1) is 11.2 Å². The van der Waals surface area contributed by atoms with Crippen LogP contribution in [-0.4, -0.2) is 20.6 Å². The summed E-state index contributed by atoms with van der Waals surface area (Å²) in [4.78, 5) is 15.9. The molecule has 0 aliphatic carbocycles. The van der Waals surface area contributed by atoms with E-state index in [2.05, 4.69) is 15.6 Å². The minimum atomic E-state index is -1.00. The summed E-state index contributed by atoms with van der Waals surface area (Å²) in [6.07, 6.45) is 0.661. The molecule has 4 nitrogen and oxygen atoms in total. The molecule has 0 saturated carbocycles. The molecule has 2 aromatic heterocycles. The number of fused-ring (bicyclic) bond motifs is 3. The number of aryl methyl sites for hydroxylation is 1. The van der Waals surface area contributed by atoms with Crippen molar-refractivity contribution in [3.63, 3.8) is 0 Å². The zero-order valence-corrected chi connectivity index (χ0v) is 15.0. The molecule has 26 heavy (non-hydrogen) atoms. The lowest BCUT2D eigenvalue weighted by Crippen LogP contribution is -2.06. The van der Waals surface area contributed by atoms with Crippen LogP contribution in [0, 0.1) is 0 Å². The Balaban J connectivity index is 2.03. The van der Waals surface area contributed by atoms with Crippen molar-refractivity contribution in [1.82, 2.24) is 9.55 Å². The molecule has 0 atom stereocenters. The standard InChI is InChI=1S/C21H17ClN2O2/c1-2-17-20-16(11-18(23-17)21(25)26)15-5-3-4-6-19(15)24(20)12-13-7-9-14(22)10-8-13/h3-11H,2,12H2,1H3,(H,25,26). The minimum Gasteiger partial charge on any atom is -0.477 e. The number of carbonyl (C=O) groups is 1. The van der Waals surface area contributed by atoms with Crippen LogP contribution in [0.15, 0.2) is 54.6 Å². The Kier molecular flexibility index (Phi) is 4.13. The number of hydrogen-bond donors (Lipinski definition) is 1. The number of halogens is 1. The first-order valence-electron chi connectivity index (χ1n) is 8.47. The molecule has 0 unspecified atom stereocenters. The van der Waals surface area contributed by atoms with Gasteiger partial charge < -0.3 is 9.67 Å². The average Bonchev–Trinajstić information content (AvgIpc) is 2.97. The summed E-state index contributed by atoms with van der Waals surface area (Å²) >= 11 is 6.01. The lowest BCUT2D eigenvalue weighted by molar-refractivity contribution is 0.0690. The van der Waals surface area contributed by atoms with E-state index in [1.54, 1.807) is 6.07 Å². The maximum absolute atomic E-state index is 11.5. The number of aromatic nitrogens is 2. The average molecular weight is 365 g/mol. The van der Waals surface area contributed by atoms with Crippen molar-refractivity contribution in [3.05, 3.63) is 76.6 Å². The molecule has 2 aromatic carbocycles. The van der Waals surface area contributed by atoms with Gasteiger partial charge in [0.1, 0.15) is 5.69 Å². The zero-order valence-electron chi connectivity index (χ0n) is 14.2. The lowest BCUT2D eigenvalue weighted by atomic mass is 10.1. The normalized spacial score (nSPS) is 11.3. The Morgan fingerprint density at radius 2 is 1.85 bits per heavy atom. The molecule has 0 bridgehead atoms. The van der Waals surface area contributed by atoms with E-state index in [1.165, 1.54) is 0 Å². The van der Waals surface area contributed by atoms with Gasteiger partial charge in [-0.3, -0.25) is 0 Å². The lowest BCUT2D eigenvalue weighted by Gasteiger charge is -2.11. The van der Waals surface area contributed by atoms with Gasteiger partial charge >= 0.3 is 5.97 Å². The topological polar surface area (TPSA) is 55.1 Å². The smallest absolute Gasteiger partial charge is 0.354 e. The van der Waals surface area contributed by atoms with Gasteiger partial charge in [-0.15, -0.1) is 0 Å². The van der Waals surface area contributed by atoms with E-state index >= 15 is 0 Å². The van der Waals surface area contributed by atoms with E-state index in [0.717, 1.165) is 33.1 Å². The maximum atomic E-state index is 11.5. The van der Waals surface area contributed by atoms with Crippen LogP contribution in [0.2, 0.25) is 5.02 Å². The van der Waals surface area contributed by atoms with E-state index in [9.17, 15) is 9.90 Å². The monoisotopic (exact) mass is 364 g/mol. The number of carboxylic acid groups (broad SMARTS) is 1. The third-order valence-corrected chi connectivity index (χ3v) is 4.88. The van der Waals surface area contributed by atoms with Crippen LogP contribution in [0.25, 0.3) is 21.8 Å². The molecule has 0 spiro atoms. The molecule has 2 heterocycles. The second-order valence-corrected chi connectivity index (χ2v) is 6.68. The van der Waals surface area contributed by atoms with Crippen molar-refractivity contribution in [2.45, 2.75) is 19.9 Å². The minimum absolute atomic E-state index is 0.0868. The first kappa shape index (κ1) is 16.6. The number of carboxylic acids is 1. The molecule has 0 aliphatic rings. The van der Waals surface area contributed by atoms with E-state index in [0.29, 0.717) is 18.0 Å². The quantitative estimate of drug-likeness (QED) is 0.544. The van der Waals surface area contributed by atoms with Crippen LogP contribution in [-0.2, 0) is 13.0 Å². The Hall–Kier alpha value is -2.85.